The molecule has 212 valence electrons. The quantitative estimate of drug-likeness (QED) is 0.369. The van der Waals surface area contributed by atoms with Crippen LogP contribution in [-0.4, -0.2) is 56.3 Å². The monoisotopic (exact) mass is 546 g/mol. The first-order valence-corrected chi connectivity index (χ1v) is 13.5. The highest BCUT2D eigenvalue weighted by Crippen LogP contribution is 2.32. The number of hydrogen-bond acceptors (Lipinski definition) is 7. The van der Waals surface area contributed by atoms with Crippen molar-refractivity contribution in [2.45, 2.75) is 71.9 Å². The number of anilines is 2. The first-order chi connectivity index (χ1) is 18.9. The molecule has 0 spiro atoms. The Morgan fingerprint density at radius 3 is 2.55 bits per heavy atom. The van der Waals surface area contributed by atoms with Gasteiger partial charge in [0, 0.05) is 17.8 Å². The van der Waals surface area contributed by atoms with E-state index in [9.17, 15) is 9.59 Å². The minimum Gasteiger partial charge on any atom is -0.491 e. The van der Waals surface area contributed by atoms with Crippen LogP contribution in [0.5, 0.6) is 5.75 Å². The van der Waals surface area contributed by atoms with Crippen molar-refractivity contribution in [3.05, 3.63) is 60.2 Å². The van der Waals surface area contributed by atoms with Crippen molar-refractivity contribution >= 4 is 23.6 Å². The molecule has 3 amide bonds. The zero-order valence-electron chi connectivity index (χ0n) is 24.1. The number of rotatable bonds is 6. The molecule has 0 bridgehead atoms. The van der Waals surface area contributed by atoms with Crippen LogP contribution in [0.25, 0.3) is 11.3 Å². The van der Waals surface area contributed by atoms with Crippen molar-refractivity contribution in [3.8, 4) is 17.0 Å². The van der Waals surface area contributed by atoms with Gasteiger partial charge in [-0.15, -0.1) is 0 Å². The topological polar surface area (TPSA) is 119 Å². The molecule has 0 radical (unpaired) electrons. The fourth-order valence-corrected chi connectivity index (χ4v) is 4.55. The van der Waals surface area contributed by atoms with Crippen LogP contribution >= 0.6 is 0 Å². The van der Waals surface area contributed by atoms with E-state index in [0.717, 1.165) is 41.8 Å². The maximum Gasteiger partial charge on any atom is 0.410 e. The van der Waals surface area contributed by atoms with Gasteiger partial charge in [0.25, 0.3) is 0 Å². The van der Waals surface area contributed by atoms with E-state index in [1.54, 1.807) is 18.5 Å². The summed E-state index contributed by atoms with van der Waals surface area (Å²) in [5.41, 5.74) is 2.79. The van der Waals surface area contributed by atoms with Crippen LogP contribution in [0.15, 0.2) is 48.9 Å². The van der Waals surface area contributed by atoms with Gasteiger partial charge in [-0.25, -0.2) is 14.6 Å². The lowest BCUT2D eigenvalue weighted by Gasteiger charge is -2.44. The molecule has 0 aliphatic carbocycles. The number of aromatic nitrogens is 3. The van der Waals surface area contributed by atoms with Gasteiger partial charge in [0.2, 0.25) is 0 Å². The molecule has 1 aliphatic rings. The zero-order valence-corrected chi connectivity index (χ0v) is 24.1. The van der Waals surface area contributed by atoms with Crippen molar-refractivity contribution < 1.29 is 19.1 Å². The number of benzene rings is 1. The largest absolute Gasteiger partial charge is 0.491 e. The molecule has 1 saturated heterocycles. The average Bonchev–Trinajstić information content (AvgIpc) is 2.88. The summed E-state index contributed by atoms with van der Waals surface area (Å²) in [6.45, 7) is 12.5. The average molecular weight is 547 g/mol. The van der Waals surface area contributed by atoms with Crippen molar-refractivity contribution in [1.29, 1.82) is 0 Å². The molecule has 2 aromatic heterocycles. The van der Waals surface area contributed by atoms with Crippen molar-refractivity contribution in [3.63, 3.8) is 0 Å². The van der Waals surface area contributed by atoms with Gasteiger partial charge < -0.3 is 14.8 Å². The molecule has 40 heavy (non-hydrogen) atoms. The van der Waals surface area contributed by atoms with E-state index >= 15 is 0 Å². The van der Waals surface area contributed by atoms with Crippen LogP contribution in [0.1, 0.15) is 58.2 Å². The summed E-state index contributed by atoms with van der Waals surface area (Å²) >= 11 is 0. The summed E-state index contributed by atoms with van der Waals surface area (Å²) in [6, 6.07) is 8.93. The minimum absolute atomic E-state index is 0.304. The van der Waals surface area contributed by atoms with E-state index in [0.29, 0.717) is 30.4 Å². The number of urea groups is 1. The second kappa shape index (κ2) is 11.9. The Labute approximate surface area is 235 Å². The Bertz CT molecular complexity index is 1360. The van der Waals surface area contributed by atoms with Gasteiger partial charge >= 0.3 is 12.1 Å². The maximum absolute atomic E-state index is 12.9. The van der Waals surface area contributed by atoms with E-state index < -0.39 is 17.2 Å². The van der Waals surface area contributed by atoms with Gasteiger partial charge in [0.15, 0.2) is 5.82 Å². The Morgan fingerprint density at radius 2 is 1.85 bits per heavy atom. The molecule has 1 atom stereocenters. The second-order valence-electron chi connectivity index (χ2n) is 11.4. The van der Waals surface area contributed by atoms with Gasteiger partial charge in [-0.1, -0.05) is 0 Å². The predicted molar refractivity (Wildman–Crippen MR) is 155 cm³/mol. The number of amides is 3. The summed E-state index contributed by atoms with van der Waals surface area (Å²) in [7, 11) is 0. The first-order valence-electron chi connectivity index (χ1n) is 13.5. The fourth-order valence-electron chi connectivity index (χ4n) is 4.55. The van der Waals surface area contributed by atoms with Gasteiger partial charge in [-0.2, -0.15) is 0 Å². The van der Waals surface area contributed by atoms with E-state index in [1.807, 2.05) is 63.8 Å². The maximum atomic E-state index is 12.9. The summed E-state index contributed by atoms with van der Waals surface area (Å²) in [5.74, 6) is 1.05. The van der Waals surface area contributed by atoms with Crippen molar-refractivity contribution in [2.75, 3.05) is 23.8 Å². The summed E-state index contributed by atoms with van der Waals surface area (Å²) in [5, 5.41) is 5.44. The van der Waals surface area contributed by atoms with E-state index in [2.05, 4.69) is 32.5 Å². The van der Waals surface area contributed by atoms with E-state index in [1.165, 1.54) is 6.20 Å². The lowest BCUT2D eigenvalue weighted by molar-refractivity contribution is -0.0236. The standard InChI is InChI=1S/C30H38N6O4/c1-20-15-22(24-17-31-18-26(34-24)35-27(37)33-23-11-9-21(2)32-16-23)10-12-25(20)39-19-30(6)13-7-8-14-36(30)28(38)40-29(3,4)5/h9-12,15-18H,7-8,13-14,19H2,1-6H3,(H2,33,34,35,37)/t30-/m1/s1. The second-order valence-corrected chi connectivity index (χ2v) is 11.4. The fraction of sp³-hybridized carbons (Fsp3) is 0.433. The lowest BCUT2D eigenvalue weighted by Crippen LogP contribution is -2.57. The van der Waals surface area contributed by atoms with E-state index in [4.69, 9.17) is 9.47 Å². The number of aryl methyl sites for hydroxylation is 2. The normalized spacial score (nSPS) is 17.2. The van der Waals surface area contributed by atoms with Gasteiger partial charge in [-0.05, 0) is 96.7 Å². The highest BCUT2D eigenvalue weighted by Gasteiger charge is 2.40. The van der Waals surface area contributed by atoms with Gasteiger partial charge in [0.05, 0.1) is 35.5 Å². The molecule has 1 aromatic carbocycles. The molecule has 3 aromatic rings. The number of carbonyl (C=O) groups excluding carboxylic acids is 2. The molecule has 3 heterocycles. The van der Waals surface area contributed by atoms with Crippen LogP contribution in [0.3, 0.4) is 0 Å². The number of likely N-dealkylation sites (tertiary alicyclic amines) is 1. The van der Waals surface area contributed by atoms with Crippen LogP contribution in [0.4, 0.5) is 21.1 Å². The Hall–Kier alpha value is -4.21. The Kier molecular flexibility index (Phi) is 8.56. The number of ether oxygens (including phenoxy) is 2. The summed E-state index contributed by atoms with van der Waals surface area (Å²) in [6.07, 6.45) is 7.23. The zero-order chi connectivity index (χ0) is 28.9. The molecule has 0 saturated carbocycles. The Balaban J connectivity index is 1.41. The molecule has 2 N–H and O–H groups in total. The molecule has 10 nitrogen and oxygen atoms in total. The number of carbonyl (C=O) groups is 2. The van der Waals surface area contributed by atoms with Gasteiger partial charge in [0.1, 0.15) is 18.0 Å². The molecule has 1 fully saturated rings. The summed E-state index contributed by atoms with van der Waals surface area (Å²) < 4.78 is 11.9. The SMILES string of the molecule is Cc1ccc(NC(=O)Nc2cncc(-c3ccc(OC[C@@]4(C)CCCCN4C(=O)OC(C)(C)C)c(C)c3)n2)cn1. The smallest absolute Gasteiger partial charge is 0.410 e. The molecular weight excluding hydrogens is 508 g/mol. The van der Waals surface area contributed by atoms with Crippen LogP contribution in [-0.2, 0) is 4.74 Å². The molecule has 4 rings (SSSR count). The molecule has 10 heteroatoms. The van der Waals surface area contributed by atoms with Crippen LogP contribution in [0.2, 0.25) is 0 Å². The number of nitrogens with one attached hydrogen (secondary N) is 2. The van der Waals surface area contributed by atoms with Crippen molar-refractivity contribution in [1.82, 2.24) is 19.9 Å². The number of pyridine rings is 1. The molecular formula is C30H38N6O4. The lowest BCUT2D eigenvalue weighted by atomic mass is 9.89. The first kappa shape index (κ1) is 28.8. The van der Waals surface area contributed by atoms with Crippen molar-refractivity contribution in [2.24, 2.45) is 0 Å². The predicted octanol–water partition coefficient (Wildman–Crippen LogP) is 6.36. The number of piperidine rings is 1. The third kappa shape index (κ3) is 7.46. The third-order valence-electron chi connectivity index (χ3n) is 6.67. The number of hydrogen-bond donors (Lipinski definition) is 2. The summed E-state index contributed by atoms with van der Waals surface area (Å²) in [4.78, 5) is 40.1. The highest BCUT2D eigenvalue weighted by molar-refractivity contribution is 5.99. The molecule has 0 unspecified atom stereocenters. The third-order valence-corrected chi connectivity index (χ3v) is 6.67. The van der Waals surface area contributed by atoms with Crippen LogP contribution in [0, 0.1) is 13.8 Å². The number of nitrogens with zero attached hydrogens (tertiary/aromatic N) is 4. The van der Waals surface area contributed by atoms with Crippen LogP contribution < -0.4 is 15.4 Å². The minimum atomic E-state index is -0.555. The highest BCUT2D eigenvalue weighted by atomic mass is 16.6. The van der Waals surface area contributed by atoms with Gasteiger partial charge in [-0.3, -0.25) is 20.2 Å². The molecule has 1 aliphatic heterocycles. The Morgan fingerprint density at radius 1 is 1.05 bits per heavy atom. The van der Waals surface area contributed by atoms with E-state index in [-0.39, 0.29) is 6.09 Å².